The highest BCUT2D eigenvalue weighted by Gasteiger charge is 2.22. The maximum atomic E-state index is 11.6. The van der Waals surface area contributed by atoms with E-state index in [0.29, 0.717) is 19.0 Å². The smallest absolute Gasteiger partial charge is 0.221 e. The van der Waals surface area contributed by atoms with E-state index in [-0.39, 0.29) is 5.91 Å². The second-order valence-electron chi connectivity index (χ2n) is 5.05. The summed E-state index contributed by atoms with van der Waals surface area (Å²) in [7, 11) is 0. The van der Waals surface area contributed by atoms with Gasteiger partial charge in [-0.3, -0.25) is 9.78 Å². The van der Waals surface area contributed by atoms with Crippen molar-refractivity contribution in [2.24, 2.45) is 0 Å². The largest absolute Gasteiger partial charge is 0.383 e. The standard InChI is InChI=1S/C15H16BrN3O/c16-11-8-10-2-1-3-13(15(10)18-9-11)17-7-6-14(20)19-12-4-5-12/h1-3,8-9,12,17H,4-7H2,(H,19,20). The Morgan fingerprint density at radius 1 is 1.40 bits per heavy atom. The summed E-state index contributed by atoms with van der Waals surface area (Å²) in [6, 6.07) is 8.47. The minimum Gasteiger partial charge on any atom is -0.383 e. The van der Waals surface area contributed by atoms with Crippen LogP contribution in [-0.4, -0.2) is 23.5 Å². The van der Waals surface area contributed by atoms with Crippen LogP contribution in [0.3, 0.4) is 0 Å². The molecule has 0 saturated heterocycles. The number of nitrogens with one attached hydrogen (secondary N) is 2. The van der Waals surface area contributed by atoms with Gasteiger partial charge in [-0.2, -0.15) is 0 Å². The third-order valence-corrected chi connectivity index (χ3v) is 3.72. The van der Waals surface area contributed by atoms with Crippen LogP contribution in [0.2, 0.25) is 0 Å². The minimum atomic E-state index is 0.121. The zero-order chi connectivity index (χ0) is 13.9. The maximum absolute atomic E-state index is 11.6. The summed E-state index contributed by atoms with van der Waals surface area (Å²) >= 11 is 3.42. The molecule has 5 heteroatoms. The number of benzene rings is 1. The zero-order valence-electron chi connectivity index (χ0n) is 11.0. The average Bonchev–Trinajstić information content (AvgIpc) is 3.22. The lowest BCUT2D eigenvalue weighted by atomic mass is 10.2. The molecule has 2 aromatic rings. The Kier molecular flexibility index (Phi) is 3.87. The van der Waals surface area contributed by atoms with Gasteiger partial charge >= 0.3 is 0 Å². The van der Waals surface area contributed by atoms with Crippen LogP contribution in [0.4, 0.5) is 5.69 Å². The Labute approximate surface area is 126 Å². The highest BCUT2D eigenvalue weighted by molar-refractivity contribution is 9.10. The molecule has 0 spiro atoms. The second-order valence-corrected chi connectivity index (χ2v) is 5.97. The molecule has 1 aliphatic rings. The van der Waals surface area contributed by atoms with Gasteiger partial charge in [0.15, 0.2) is 0 Å². The van der Waals surface area contributed by atoms with Crippen LogP contribution in [0.15, 0.2) is 34.9 Å². The number of hydrogen-bond donors (Lipinski definition) is 2. The summed E-state index contributed by atoms with van der Waals surface area (Å²) in [4.78, 5) is 16.0. The molecule has 1 aliphatic carbocycles. The van der Waals surface area contributed by atoms with Crippen molar-refractivity contribution in [3.05, 3.63) is 34.9 Å². The third kappa shape index (κ3) is 3.28. The number of carbonyl (C=O) groups is 1. The van der Waals surface area contributed by atoms with E-state index < -0.39 is 0 Å². The van der Waals surface area contributed by atoms with Crippen molar-refractivity contribution in [2.75, 3.05) is 11.9 Å². The van der Waals surface area contributed by atoms with Crippen LogP contribution in [0, 0.1) is 0 Å². The molecule has 3 rings (SSSR count). The molecule has 1 aromatic heterocycles. The summed E-state index contributed by atoms with van der Waals surface area (Å²) in [5.41, 5.74) is 1.90. The lowest BCUT2D eigenvalue weighted by Crippen LogP contribution is -2.27. The predicted molar refractivity (Wildman–Crippen MR) is 83.7 cm³/mol. The molecule has 0 radical (unpaired) electrons. The summed E-state index contributed by atoms with van der Waals surface area (Å²) in [5.74, 6) is 0.121. The van der Waals surface area contributed by atoms with Gasteiger partial charge in [-0.05, 0) is 40.9 Å². The van der Waals surface area contributed by atoms with E-state index in [9.17, 15) is 4.79 Å². The van der Waals surface area contributed by atoms with Crippen molar-refractivity contribution < 1.29 is 4.79 Å². The quantitative estimate of drug-likeness (QED) is 0.884. The molecule has 1 fully saturated rings. The van der Waals surface area contributed by atoms with Gasteiger partial charge in [0.2, 0.25) is 5.91 Å². The van der Waals surface area contributed by atoms with Gasteiger partial charge in [0.1, 0.15) is 0 Å². The SMILES string of the molecule is O=C(CCNc1cccc2cc(Br)cnc12)NC1CC1. The van der Waals surface area contributed by atoms with Crippen LogP contribution in [0.25, 0.3) is 10.9 Å². The second kappa shape index (κ2) is 5.79. The fourth-order valence-corrected chi connectivity index (χ4v) is 2.46. The molecule has 104 valence electrons. The van der Waals surface area contributed by atoms with Crippen LogP contribution < -0.4 is 10.6 Å². The molecule has 1 saturated carbocycles. The van der Waals surface area contributed by atoms with Gasteiger partial charge in [0.25, 0.3) is 0 Å². The molecule has 0 unspecified atom stereocenters. The van der Waals surface area contributed by atoms with Crippen molar-refractivity contribution in [2.45, 2.75) is 25.3 Å². The van der Waals surface area contributed by atoms with E-state index in [1.807, 2.05) is 24.3 Å². The molecular weight excluding hydrogens is 318 g/mol. The Morgan fingerprint density at radius 3 is 3.05 bits per heavy atom. The third-order valence-electron chi connectivity index (χ3n) is 3.29. The Balaban J connectivity index is 1.63. The number of nitrogens with zero attached hydrogens (tertiary/aromatic N) is 1. The molecule has 1 heterocycles. The molecule has 4 nitrogen and oxygen atoms in total. The first-order valence-corrected chi connectivity index (χ1v) is 7.59. The van der Waals surface area contributed by atoms with Crippen molar-refractivity contribution in [1.82, 2.24) is 10.3 Å². The fraction of sp³-hybridized carbons (Fsp3) is 0.333. The number of fused-ring (bicyclic) bond motifs is 1. The monoisotopic (exact) mass is 333 g/mol. The molecule has 0 atom stereocenters. The van der Waals surface area contributed by atoms with Crippen molar-refractivity contribution >= 4 is 38.4 Å². The van der Waals surface area contributed by atoms with Crippen molar-refractivity contribution in [1.29, 1.82) is 0 Å². The van der Waals surface area contributed by atoms with Gasteiger partial charge in [0, 0.05) is 35.1 Å². The first-order chi connectivity index (χ1) is 9.72. The lowest BCUT2D eigenvalue weighted by molar-refractivity contribution is -0.120. The summed E-state index contributed by atoms with van der Waals surface area (Å²) in [5, 5.41) is 7.35. The normalized spacial score (nSPS) is 14.2. The van der Waals surface area contributed by atoms with E-state index in [0.717, 1.165) is 33.9 Å². The number of anilines is 1. The Bertz CT molecular complexity index is 640. The fourth-order valence-electron chi connectivity index (χ4n) is 2.11. The van der Waals surface area contributed by atoms with Gasteiger partial charge in [-0.1, -0.05) is 12.1 Å². The maximum Gasteiger partial charge on any atom is 0.221 e. The topological polar surface area (TPSA) is 54.0 Å². The highest BCUT2D eigenvalue weighted by atomic mass is 79.9. The van der Waals surface area contributed by atoms with Crippen molar-refractivity contribution in [3.8, 4) is 0 Å². The van der Waals surface area contributed by atoms with E-state index in [4.69, 9.17) is 0 Å². The minimum absolute atomic E-state index is 0.121. The lowest BCUT2D eigenvalue weighted by Gasteiger charge is -2.09. The van der Waals surface area contributed by atoms with Gasteiger partial charge in [0.05, 0.1) is 11.2 Å². The van der Waals surface area contributed by atoms with Gasteiger partial charge in [-0.15, -0.1) is 0 Å². The average molecular weight is 334 g/mol. The van der Waals surface area contributed by atoms with Crippen molar-refractivity contribution in [3.63, 3.8) is 0 Å². The van der Waals surface area contributed by atoms with E-state index >= 15 is 0 Å². The number of rotatable bonds is 5. The highest BCUT2D eigenvalue weighted by Crippen LogP contribution is 2.24. The molecule has 0 bridgehead atoms. The first-order valence-electron chi connectivity index (χ1n) is 6.80. The molecule has 0 aliphatic heterocycles. The molecule has 1 amide bonds. The Morgan fingerprint density at radius 2 is 2.25 bits per heavy atom. The molecule has 20 heavy (non-hydrogen) atoms. The van der Waals surface area contributed by atoms with Gasteiger partial charge in [-0.25, -0.2) is 0 Å². The van der Waals surface area contributed by atoms with E-state index in [2.05, 4.69) is 31.5 Å². The first kappa shape index (κ1) is 13.4. The summed E-state index contributed by atoms with van der Waals surface area (Å²) in [6.45, 7) is 0.620. The number of hydrogen-bond acceptors (Lipinski definition) is 3. The number of aromatic nitrogens is 1. The number of halogens is 1. The molecule has 2 N–H and O–H groups in total. The summed E-state index contributed by atoms with van der Waals surface area (Å²) < 4.78 is 0.964. The number of para-hydroxylation sites is 1. The number of amides is 1. The van der Waals surface area contributed by atoms with E-state index in [1.54, 1.807) is 6.20 Å². The number of carbonyl (C=O) groups excluding carboxylic acids is 1. The van der Waals surface area contributed by atoms with Crippen LogP contribution in [-0.2, 0) is 4.79 Å². The molecular formula is C15H16BrN3O. The molecule has 1 aromatic carbocycles. The predicted octanol–water partition coefficient (Wildman–Crippen LogP) is 3.08. The van der Waals surface area contributed by atoms with Crippen LogP contribution in [0.5, 0.6) is 0 Å². The number of pyridine rings is 1. The zero-order valence-corrected chi connectivity index (χ0v) is 12.6. The van der Waals surface area contributed by atoms with E-state index in [1.165, 1.54) is 0 Å². The van der Waals surface area contributed by atoms with Crippen LogP contribution in [0.1, 0.15) is 19.3 Å². The van der Waals surface area contributed by atoms with Gasteiger partial charge < -0.3 is 10.6 Å². The Hall–Kier alpha value is -1.62. The van der Waals surface area contributed by atoms with Crippen LogP contribution >= 0.6 is 15.9 Å². The summed E-state index contributed by atoms with van der Waals surface area (Å²) in [6.07, 6.45) is 4.53.